The van der Waals surface area contributed by atoms with Gasteiger partial charge in [-0.2, -0.15) is 0 Å². The summed E-state index contributed by atoms with van der Waals surface area (Å²) in [6, 6.07) is 47.1. The van der Waals surface area contributed by atoms with Gasteiger partial charge in [0.15, 0.2) is 0 Å². The molecule has 0 radical (unpaired) electrons. The lowest BCUT2D eigenvalue weighted by atomic mass is 9.78. The zero-order chi connectivity index (χ0) is 51.1. The molecule has 0 atom stereocenters. The molecule has 2 heterocycles. The van der Waals surface area contributed by atoms with Crippen molar-refractivity contribution in [2.45, 2.75) is 157 Å². The van der Waals surface area contributed by atoms with Crippen molar-refractivity contribution in [1.29, 1.82) is 0 Å². The van der Waals surface area contributed by atoms with Crippen molar-refractivity contribution in [3.8, 4) is 67.5 Å². The summed E-state index contributed by atoms with van der Waals surface area (Å²) in [6.45, 7) is 40.8. The number of rotatable bonds is 6. The highest BCUT2D eigenvalue weighted by Gasteiger charge is 2.31. The van der Waals surface area contributed by atoms with Crippen LogP contribution in [-0.4, -0.2) is 19.6 Å². The van der Waals surface area contributed by atoms with E-state index in [-0.39, 0.29) is 38.2 Å². The molecule has 0 spiro atoms. The maximum absolute atomic E-state index is 12.8. The van der Waals surface area contributed by atoms with E-state index in [0.717, 1.165) is 78.0 Å². The number of aromatic nitrogens is 3. The number of hydrogen-bond acceptors (Lipinski definition) is 3. The highest BCUT2D eigenvalue weighted by atomic mass is 16.3. The summed E-state index contributed by atoms with van der Waals surface area (Å²) < 4.78 is 2.36. The minimum Gasteiger partial charge on any atom is -0.507 e. The molecule has 0 amide bonds. The summed E-state index contributed by atoms with van der Waals surface area (Å²) in [4.78, 5) is 10.8. The highest BCUT2D eigenvalue weighted by molar-refractivity contribution is 6.01. The number of phenols is 1. The monoisotopic (exact) mass is 928 g/mol. The Bertz CT molecular complexity index is 3200. The fourth-order valence-corrected chi connectivity index (χ4v) is 9.43. The van der Waals surface area contributed by atoms with Crippen LogP contribution < -0.4 is 0 Å². The quantitative estimate of drug-likeness (QED) is 0.181. The van der Waals surface area contributed by atoms with Crippen LogP contribution in [0, 0.1) is 0 Å². The first-order valence-electron chi connectivity index (χ1n) is 25.3. The van der Waals surface area contributed by atoms with Gasteiger partial charge in [-0.25, -0.2) is 4.98 Å². The summed E-state index contributed by atoms with van der Waals surface area (Å²) in [7, 11) is 0. The molecule has 0 unspecified atom stereocenters. The van der Waals surface area contributed by atoms with E-state index in [2.05, 4.69) is 251 Å². The summed E-state index contributed by atoms with van der Waals surface area (Å²) >= 11 is 0. The molecule has 0 aliphatic heterocycles. The van der Waals surface area contributed by atoms with Gasteiger partial charge in [-0.05, 0) is 149 Å². The molecule has 0 saturated heterocycles. The largest absolute Gasteiger partial charge is 0.507 e. The molecule has 4 nitrogen and oxygen atoms in total. The topological polar surface area (TPSA) is 50.9 Å². The standard InChI is InChI=1S/C66H77N3O/c1-61(2,3)45-27-28-51(41-24-20-19-21-25-41)52(38-45)43-33-53(42-30-44(56-26-22-23-29-67-56)32-46(31-42)62(4,5)6)58-57(34-43)69(50-36-47(63(7,8)9)35-48(37-50)64(10,11)12)60(68-58)54-39-49(65(13,14)15)40-55(59(54)70)66(16,17)18/h19-40,70H,1-18H3. The average molecular weight is 928 g/mol. The molecule has 0 aliphatic carbocycles. The second kappa shape index (κ2) is 17.5. The van der Waals surface area contributed by atoms with Crippen LogP contribution in [0.3, 0.4) is 0 Å². The lowest BCUT2D eigenvalue weighted by Crippen LogP contribution is -2.18. The molecule has 8 rings (SSSR count). The number of pyridine rings is 1. The Morgan fingerprint density at radius 1 is 0.386 bits per heavy atom. The third-order valence-corrected chi connectivity index (χ3v) is 14.0. The fraction of sp³-hybridized carbons (Fsp3) is 0.364. The van der Waals surface area contributed by atoms with Gasteiger partial charge in [-0.3, -0.25) is 9.55 Å². The first-order valence-corrected chi connectivity index (χ1v) is 25.3. The molecule has 70 heavy (non-hydrogen) atoms. The van der Waals surface area contributed by atoms with E-state index in [1.165, 1.54) is 22.3 Å². The van der Waals surface area contributed by atoms with Gasteiger partial charge in [0.2, 0.25) is 0 Å². The van der Waals surface area contributed by atoms with Crippen LogP contribution in [0.4, 0.5) is 0 Å². The van der Waals surface area contributed by atoms with E-state index < -0.39 is 0 Å². The SMILES string of the molecule is CC(C)(C)c1cc(-c2ccccn2)cc(-c2cc(-c3cc(C(C)(C)C)ccc3-c3ccccc3)cc3c2nc(-c2cc(C(C)(C)C)cc(C(C)(C)C)c2O)n3-c2cc(C(C)(C)C)cc(C(C)(C)C)c2)c1. The first kappa shape index (κ1) is 50.1. The van der Waals surface area contributed by atoms with Gasteiger partial charge in [0.1, 0.15) is 11.6 Å². The van der Waals surface area contributed by atoms with E-state index in [1.807, 2.05) is 12.3 Å². The van der Waals surface area contributed by atoms with Crippen LogP contribution in [-0.2, 0) is 32.5 Å². The summed E-state index contributed by atoms with van der Waals surface area (Å²) in [5, 5.41) is 12.8. The van der Waals surface area contributed by atoms with E-state index in [0.29, 0.717) is 5.82 Å². The Hall–Kier alpha value is -6.26. The van der Waals surface area contributed by atoms with Crippen molar-refractivity contribution in [3.63, 3.8) is 0 Å². The predicted octanol–water partition coefficient (Wildman–Crippen LogP) is 18.2. The maximum atomic E-state index is 12.8. The Balaban J connectivity index is 1.64. The molecule has 0 saturated carbocycles. The summed E-state index contributed by atoms with van der Waals surface area (Å²) in [6.07, 6.45) is 1.88. The normalized spacial score (nSPS) is 13.1. The Morgan fingerprint density at radius 3 is 1.47 bits per heavy atom. The number of nitrogens with zero attached hydrogens (tertiary/aromatic N) is 3. The van der Waals surface area contributed by atoms with Crippen LogP contribution in [0.25, 0.3) is 72.7 Å². The van der Waals surface area contributed by atoms with Gasteiger partial charge < -0.3 is 5.11 Å². The van der Waals surface area contributed by atoms with Gasteiger partial charge in [0, 0.05) is 28.6 Å². The van der Waals surface area contributed by atoms with Gasteiger partial charge in [-0.15, -0.1) is 0 Å². The van der Waals surface area contributed by atoms with Crippen molar-refractivity contribution in [3.05, 3.63) is 167 Å². The Kier molecular flexibility index (Phi) is 12.6. The average Bonchev–Trinajstić information content (AvgIpc) is 3.66. The second-order valence-electron chi connectivity index (χ2n) is 26.0. The van der Waals surface area contributed by atoms with E-state index >= 15 is 0 Å². The molecule has 2 aromatic heterocycles. The van der Waals surface area contributed by atoms with Crippen molar-refractivity contribution >= 4 is 11.0 Å². The molecule has 4 heteroatoms. The minimum absolute atomic E-state index is 0.0957. The zero-order valence-corrected chi connectivity index (χ0v) is 45.5. The minimum atomic E-state index is -0.345. The van der Waals surface area contributed by atoms with Crippen molar-refractivity contribution < 1.29 is 5.11 Å². The number of imidazole rings is 1. The highest BCUT2D eigenvalue weighted by Crippen LogP contribution is 2.48. The molecule has 0 bridgehead atoms. The van der Waals surface area contributed by atoms with Gasteiger partial charge >= 0.3 is 0 Å². The molecular formula is C66H77N3O. The van der Waals surface area contributed by atoms with E-state index in [1.54, 1.807) is 0 Å². The van der Waals surface area contributed by atoms with Crippen LogP contribution >= 0.6 is 0 Å². The van der Waals surface area contributed by atoms with Crippen LogP contribution in [0.1, 0.15) is 158 Å². The Labute approximate surface area is 420 Å². The van der Waals surface area contributed by atoms with Gasteiger partial charge in [-0.1, -0.05) is 191 Å². The van der Waals surface area contributed by atoms with Crippen LogP contribution in [0.5, 0.6) is 5.75 Å². The lowest BCUT2D eigenvalue weighted by molar-refractivity contribution is 0.446. The van der Waals surface area contributed by atoms with Crippen LogP contribution in [0.2, 0.25) is 0 Å². The number of benzene rings is 6. The van der Waals surface area contributed by atoms with Gasteiger partial charge in [0.25, 0.3) is 0 Å². The molecule has 362 valence electrons. The number of fused-ring (bicyclic) bond motifs is 1. The zero-order valence-electron chi connectivity index (χ0n) is 45.5. The number of phenolic OH excluding ortho intramolecular Hbond substituents is 1. The molecular weight excluding hydrogens is 851 g/mol. The molecule has 0 aliphatic rings. The molecule has 8 aromatic rings. The van der Waals surface area contributed by atoms with Gasteiger partial charge in [0.05, 0.1) is 22.3 Å². The van der Waals surface area contributed by atoms with E-state index in [4.69, 9.17) is 9.97 Å². The summed E-state index contributed by atoms with van der Waals surface area (Å²) in [5.41, 5.74) is 18.1. The number of aromatic hydroxyl groups is 1. The molecule has 1 N–H and O–H groups in total. The third-order valence-electron chi connectivity index (χ3n) is 14.0. The van der Waals surface area contributed by atoms with Crippen molar-refractivity contribution in [2.24, 2.45) is 0 Å². The Morgan fingerprint density at radius 2 is 0.914 bits per heavy atom. The molecule has 0 fully saturated rings. The number of hydrogen-bond donors (Lipinski definition) is 1. The lowest BCUT2D eigenvalue weighted by Gasteiger charge is -2.28. The van der Waals surface area contributed by atoms with Crippen molar-refractivity contribution in [2.75, 3.05) is 0 Å². The summed E-state index contributed by atoms with van der Waals surface area (Å²) in [5.74, 6) is 0.968. The fourth-order valence-electron chi connectivity index (χ4n) is 9.43. The molecule has 6 aromatic carbocycles. The second-order valence-corrected chi connectivity index (χ2v) is 26.0. The van der Waals surface area contributed by atoms with E-state index in [9.17, 15) is 5.11 Å². The maximum Gasteiger partial charge on any atom is 0.149 e. The van der Waals surface area contributed by atoms with Crippen LogP contribution in [0.15, 0.2) is 134 Å². The smallest absolute Gasteiger partial charge is 0.149 e. The third kappa shape index (κ3) is 10.0. The first-order chi connectivity index (χ1) is 32.4. The predicted molar refractivity (Wildman–Crippen MR) is 300 cm³/mol. The van der Waals surface area contributed by atoms with Crippen molar-refractivity contribution in [1.82, 2.24) is 14.5 Å².